The Morgan fingerprint density at radius 3 is 2.80 bits per heavy atom. The first-order valence-electron chi connectivity index (χ1n) is 5.28. The highest BCUT2D eigenvalue weighted by Gasteiger charge is 2.33. The van der Waals surface area contributed by atoms with E-state index in [4.69, 9.17) is 10.00 Å². The van der Waals surface area contributed by atoms with Crippen LogP contribution in [0.5, 0.6) is 0 Å². The summed E-state index contributed by atoms with van der Waals surface area (Å²) in [5.74, 6) is -0.199. The molecule has 0 saturated carbocycles. The van der Waals surface area contributed by atoms with Crippen LogP contribution < -0.4 is 0 Å². The highest BCUT2D eigenvalue weighted by molar-refractivity contribution is 5.76. The van der Waals surface area contributed by atoms with Crippen molar-refractivity contribution in [2.75, 3.05) is 13.1 Å². The van der Waals surface area contributed by atoms with Crippen LogP contribution in [0.3, 0.4) is 0 Å². The van der Waals surface area contributed by atoms with Gasteiger partial charge in [-0.1, -0.05) is 0 Å². The van der Waals surface area contributed by atoms with Crippen molar-refractivity contribution in [3.63, 3.8) is 0 Å². The number of hydrogen-bond donors (Lipinski definition) is 0. The van der Waals surface area contributed by atoms with Crippen LogP contribution in [0.4, 0.5) is 0 Å². The van der Waals surface area contributed by atoms with E-state index in [1.807, 2.05) is 25.7 Å². The van der Waals surface area contributed by atoms with E-state index in [0.717, 1.165) is 19.4 Å². The lowest BCUT2D eigenvalue weighted by Gasteiger charge is -2.25. The molecule has 1 heterocycles. The average Bonchev–Trinajstić information content (AvgIpc) is 2.49. The molecule has 4 heteroatoms. The maximum absolute atomic E-state index is 11.8. The summed E-state index contributed by atoms with van der Waals surface area (Å²) in [5.41, 5.74) is -0.446. The van der Waals surface area contributed by atoms with Crippen molar-refractivity contribution < 1.29 is 9.53 Å². The maximum atomic E-state index is 11.8. The van der Waals surface area contributed by atoms with E-state index in [0.29, 0.717) is 6.54 Å². The van der Waals surface area contributed by atoms with Crippen LogP contribution in [-0.4, -0.2) is 35.6 Å². The van der Waals surface area contributed by atoms with E-state index >= 15 is 0 Å². The number of hydrogen-bond acceptors (Lipinski definition) is 4. The molecule has 0 amide bonds. The van der Waals surface area contributed by atoms with Gasteiger partial charge in [-0.3, -0.25) is 9.69 Å². The maximum Gasteiger partial charge on any atom is 0.323 e. The van der Waals surface area contributed by atoms with Gasteiger partial charge in [0.1, 0.15) is 11.6 Å². The molecule has 0 aromatic carbocycles. The minimum absolute atomic E-state index is 0.199. The molecule has 0 aromatic rings. The predicted molar refractivity (Wildman–Crippen MR) is 56.1 cm³/mol. The summed E-state index contributed by atoms with van der Waals surface area (Å²) in [6.45, 7) is 6.69. The highest BCUT2D eigenvalue weighted by Crippen LogP contribution is 2.20. The zero-order valence-electron chi connectivity index (χ0n) is 9.62. The van der Waals surface area contributed by atoms with E-state index in [1.165, 1.54) is 0 Å². The van der Waals surface area contributed by atoms with Crippen molar-refractivity contribution in [1.82, 2.24) is 4.90 Å². The van der Waals surface area contributed by atoms with Gasteiger partial charge in [0.2, 0.25) is 0 Å². The fraction of sp³-hybridized carbons (Fsp3) is 0.818. The number of nitrogens with zero attached hydrogens (tertiary/aromatic N) is 2. The van der Waals surface area contributed by atoms with Gasteiger partial charge in [0.15, 0.2) is 0 Å². The van der Waals surface area contributed by atoms with E-state index in [1.54, 1.807) is 0 Å². The quantitative estimate of drug-likeness (QED) is 0.509. The normalized spacial score (nSPS) is 22.4. The number of ether oxygens (including phenoxy) is 1. The zero-order chi connectivity index (χ0) is 11.5. The Balaban J connectivity index is 2.56. The SMILES string of the molecule is CC(C)(C)OC(=O)[C@H]1CCCN1CC#N. The molecule has 1 rings (SSSR count). The Labute approximate surface area is 90.8 Å². The second-order valence-electron chi connectivity index (χ2n) is 4.82. The van der Waals surface area contributed by atoms with Crippen molar-refractivity contribution in [2.24, 2.45) is 0 Å². The molecular formula is C11H18N2O2. The fourth-order valence-corrected chi connectivity index (χ4v) is 1.74. The monoisotopic (exact) mass is 210 g/mol. The predicted octanol–water partition coefficient (Wildman–Crippen LogP) is 1.32. The van der Waals surface area contributed by atoms with Gasteiger partial charge in [0.05, 0.1) is 12.6 Å². The zero-order valence-corrected chi connectivity index (χ0v) is 9.62. The van der Waals surface area contributed by atoms with Crippen molar-refractivity contribution in [3.05, 3.63) is 0 Å². The second kappa shape index (κ2) is 4.63. The van der Waals surface area contributed by atoms with Crippen LogP contribution in [0.25, 0.3) is 0 Å². The van der Waals surface area contributed by atoms with Crippen LogP contribution in [0.2, 0.25) is 0 Å². The van der Waals surface area contributed by atoms with Crippen LogP contribution in [0.15, 0.2) is 0 Å². The van der Waals surface area contributed by atoms with Crippen molar-refractivity contribution in [2.45, 2.75) is 45.3 Å². The Morgan fingerprint density at radius 1 is 1.60 bits per heavy atom. The third-order valence-corrected chi connectivity index (χ3v) is 2.32. The Hall–Kier alpha value is -1.08. The number of carbonyl (C=O) groups is 1. The average molecular weight is 210 g/mol. The van der Waals surface area contributed by atoms with Crippen molar-refractivity contribution in [3.8, 4) is 6.07 Å². The number of carbonyl (C=O) groups excluding carboxylic acids is 1. The lowest BCUT2D eigenvalue weighted by atomic mass is 10.1. The van der Waals surface area contributed by atoms with E-state index < -0.39 is 5.60 Å². The third-order valence-electron chi connectivity index (χ3n) is 2.32. The van der Waals surface area contributed by atoms with Gasteiger partial charge >= 0.3 is 5.97 Å². The van der Waals surface area contributed by atoms with Gasteiger partial charge in [-0.2, -0.15) is 5.26 Å². The Bertz CT molecular complexity index is 275. The molecule has 0 unspecified atom stereocenters. The number of likely N-dealkylation sites (tertiary alicyclic amines) is 1. The molecule has 1 fully saturated rings. The van der Waals surface area contributed by atoms with Crippen LogP contribution in [0.1, 0.15) is 33.6 Å². The summed E-state index contributed by atoms with van der Waals surface area (Å²) in [6.07, 6.45) is 1.77. The Kier molecular flexibility index (Phi) is 3.70. The molecule has 1 saturated heterocycles. The summed E-state index contributed by atoms with van der Waals surface area (Å²) in [7, 11) is 0. The molecular weight excluding hydrogens is 192 g/mol. The van der Waals surface area contributed by atoms with Gasteiger partial charge in [-0.15, -0.1) is 0 Å². The smallest absolute Gasteiger partial charge is 0.323 e. The topological polar surface area (TPSA) is 53.3 Å². The summed E-state index contributed by atoms with van der Waals surface area (Å²) in [4.78, 5) is 13.7. The van der Waals surface area contributed by atoms with Gasteiger partial charge < -0.3 is 4.74 Å². The van der Waals surface area contributed by atoms with Gasteiger partial charge in [0, 0.05) is 6.54 Å². The molecule has 0 aromatic heterocycles. The van der Waals surface area contributed by atoms with E-state index in [9.17, 15) is 4.79 Å². The summed E-state index contributed by atoms with van der Waals surface area (Å²) < 4.78 is 5.31. The molecule has 0 radical (unpaired) electrons. The lowest BCUT2D eigenvalue weighted by molar-refractivity contribution is -0.160. The number of nitriles is 1. The largest absolute Gasteiger partial charge is 0.459 e. The summed E-state index contributed by atoms with van der Waals surface area (Å²) in [5, 5.41) is 8.62. The lowest BCUT2D eigenvalue weighted by Crippen LogP contribution is -2.40. The molecule has 1 aliphatic heterocycles. The van der Waals surface area contributed by atoms with Crippen molar-refractivity contribution in [1.29, 1.82) is 5.26 Å². The first kappa shape index (κ1) is 12.0. The summed E-state index contributed by atoms with van der Waals surface area (Å²) in [6, 6.07) is 1.86. The molecule has 0 bridgehead atoms. The van der Waals surface area contributed by atoms with Gasteiger partial charge in [-0.05, 0) is 33.6 Å². The van der Waals surface area contributed by atoms with Crippen LogP contribution >= 0.6 is 0 Å². The number of rotatable bonds is 2. The fourth-order valence-electron chi connectivity index (χ4n) is 1.74. The number of esters is 1. The van der Waals surface area contributed by atoms with Crippen LogP contribution in [0, 0.1) is 11.3 Å². The molecule has 84 valence electrons. The molecule has 0 N–H and O–H groups in total. The highest BCUT2D eigenvalue weighted by atomic mass is 16.6. The van der Waals surface area contributed by atoms with Gasteiger partial charge in [-0.25, -0.2) is 0 Å². The third kappa shape index (κ3) is 3.52. The molecule has 1 aliphatic rings. The molecule has 0 spiro atoms. The second-order valence-corrected chi connectivity index (χ2v) is 4.82. The summed E-state index contributed by atoms with van der Waals surface area (Å²) >= 11 is 0. The molecule has 15 heavy (non-hydrogen) atoms. The first-order chi connectivity index (χ1) is 6.94. The minimum Gasteiger partial charge on any atom is -0.459 e. The standard InChI is InChI=1S/C11H18N2O2/c1-11(2,3)15-10(14)9-5-4-7-13(9)8-6-12/h9H,4-5,7-8H2,1-3H3/t9-/m1/s1. The van der Waals surface area contributed by atoms with Gasteiger partial charge in [0.25, 0.3) is 0 Å². The molecule has 0 aliphatic carbocycles. The van der Waals surface area contributed by atoms with E-state index in [-0.39, 0.29) is 12.0 Å². The molecule has 4 nitrogen and oxygen atoms in total. The van der Waals surface area contributed by atoms with Crippen molar-refractivity contribution >= 4 is 5.97 Å². The van der Waals surface area contributed by atoms with Crippen LogP contribution in [-0.2, 0) is 9.53 Å². The first-order valence-corrected chi connectivity index (χ1v) is 5.28. The molecule has 1 atom stereocenters. The Morgan fingerprint density at radius 2 is 2.27 bits per heavy atom. The van der Waals surface area contributed by atoms with E-state index in [2.05, 4.69) is 6.07 Å². The minimum atomic E-state index is -0.446.